The summed E-state index contributed by atoms with van der Waals surface area (Å²) >= 11 is 0. The number of ether oxygens (including phenoxy) is 1. The highest BCUT2D eigenvalue weighted by Gasteiger charge is 2.21. The number of rotatable bonds is 4. The number of aromatic hydroxyl groups is 1. The number of aryl methyl sites for hydroxylation is 1. The molecule has 21 heavy (non-hydrogen) atoms. The second-order valence-corrected chi connectivity index (χ2v) is 4.79. The summed E-state index contributed by atoms with van der Waals surface area (Å²) in [4.78, 5) is 14.0. The van der Waals surface area contributed by atoms with E-state index in [9.17, 15) is 9.90 Å². The van der Waals surface area contributed by atoms with Crippen LogP contribution in [0.4, 0.5) is 11.4 Å². The maximum Gasteiger partial charge on any atom is 0.344 e. The summed E-state index contributed by atoms with van der Waals surface area (Å²) in [5, 5.41) is 10.1. The molecule has 0 spiro atoms. The molecule has 0 aliphatic carbocycles. The molecule has 0 bridgehead atoms. The largest absolute Gasteiger partial charge is 0.507 e. The van der Waals surface area contributed by atoms with Gasteiger partial charge in [-0.25, -0.2) is 4.79 Å². The van der Waals surface area contributed by atoms with Crippen molar-refractivity contribution in [3.63, 3.8) is 0 Å². The number of hydrogen-bond donors (Lipinski definition) is 1. The summed E-state index contributed by atoms with van der Waals surface area (Å²) in [5.41, 5.74) is 2.61. The van der Waals surface area contributed by atoms with Gasteiger partial charge in [-0.2, -0.15) is 0 Å². The monoisotopic (exact) mass is 285 g/mol. The van der Waals surface area contributed by atoms with E-state index in [0.717, 1.165) is 11.3 Å². The molecule has 4 nitrogen and oxygen atoms in total. The minimum Gasteiger partial charge on any atom is -0.507 e. The summed E-state index contributed by atoms with van der Waals surface area (Å²) in [7, 11) is 1.85. The number of para-hydroxylation sites is 1. The van der Waals surface area contributed by atoms with E-state index in [4.69, 9.17) is 4.74 Å². The Morgan fingerprint density at radius 3 is 2.52 bits per heavy atom. The molecule has 4 heteroatoms. The van der Waals surface area contributed by atoms with Crippen LogP contribution >= 0.6 is 0 Å². The van der Waals surface area contributed by atoms with Crippen molar-refractivity contribution < 1.29 is 14.6 Å². The van der Waals surface area contributed by atoms with Gasteiger partial charge in [0.15, 0.2) is 0 Å². The van der Waals surface area contributed by atoms with Crippen LogP contribution in [0.3, 0.4) is 0 Å². The van der Waals surface area contributed by atoms with Crippen LogP contribution < -0.4 is 4.90 Å². The van der Waals surface area contributed by atoms with Gasteiger partial charge in [0.05, 0.1) is 12.3 Å². The fourth-order valence-electron chi connectivity index (χ4n) is 2.22. The number of carbonyl (C=O) groups is 1. The van der Waals surface area contributed by atoms with Crippen molar-refractivity contribution in [2.45, 2.75) is 13.8 Å². The zero-order valence-electron chi connectivity index (χ0n) is 12.5. The fourth-order valence-corrected chi connectivity index (χ4v) is 2.22. The summed E-state index contributed by atoms with van der Waals surface area (Å²) in [6, 6.07) is 13.1. The Labute approximate surface area is 124 Å². The van der Waals surface area contributed by atoms with E-state index in [1.165, 1.54) is 0 Å². The lowest BCUT2D eigenvalue weighted by molar-refractivity contribution is 0.0524. The smallest absolute Gasteiger partial charge is 0.344 e. The topological polar surface area (TPSA) is 49.8 Å². The normalized spacial score (nSPS) is 10.2. The van der Waals surface area contributed by atoms with E-state index in [1.807, 2.05) is 55.3 Å². The number of phenolic OH excluding ortho intramolecular Hbond substituents is 1. The highest BCUT2D eigenvalue weighted by molar-refractivity contribution is 6.00. The van der Waals surface area contributed by atoms with Gasteiger partial charge in [0.1, 0.15) is 11.3 Å². The maximum atomic E-state index is 12.1. The Morgan fingerprint density at radius 2 is 1.90 bits per heavy atom. The Kier molecular flexibility index (Phi) is 4.48. The third-order valence-electron chi connectivity index (χ3n) is 3.23. The molecule has 0 aromatic heterocycles. The molecule has 1 N–H and O–H groups in total. The summed E-state index contributed by atoms with van der Waals surface area (Å²) in [5.74, 6) is -0.584. The van der Waals surface area contributed by atoms with Crippen molar-refractivity contribution in [1.29, 1.82) is 0 Å². The van der Waals surface area contributed by atoms with Crippen LogP contribution in [0.25, 0.3) is 0 Å². The molecule has 0 fully saturated rings. The quantitative estimate of drug-likeness (QED) is 0.871. The average molecular weight is 285 g/mol. The Hall–Kier alpha value is -2.49. The van der Waals surface area contributed by atoms with E-state index in [2.05, 4.69) is 0 Å². The summed E-state index contributed by atoms with van der Waals surface area (Å²) in [6.45, 7) is 3.88. The van der Waals surface area contributed by atoms with Crippen LogP contribution in [-0.4, -0.2) is 24.7 Å². The first-order chi connectivity index (χ1) is 10.0. The number of esters is 1. The number of benzene rings is 2. The predicted molar refractivity (Wildman–Crippen MR) is 83.3 cm³/mol. The Bertz CT molecular complexity index is 638. The van der Waals surface area contributed by atoms with Crippen molar-refractivity contribution in [2.24, 2.45) is 0 Å². The zero-order chi connectivity index (χ0) is 15.4. The van der Waals surface area contributed by atoms with Crippen LogP contribution in [0, 0.1) is 6.92 Å². The molecule has 0 unspecified atom stereocenters. The fraction of sp³-hybridized carbons (Fsp3) is 0.235. The van der Waals surface area contributed by atoms with E-state index in [0.29, 0.717) is 5.69 Å². The molecule has 0 saturated heterocycles. The highest BCUT2D eigenvalue weighted by Crippen LogP contribution is 2.34. The number of phenols is 1. The maximum absolute atomic E-state index is 12.1. The van der Waals surface area contributed by atoms with Crippen molar-refractivity contribution in [1.82, 2.24) is 0 Å². The molecule has 0 atom stereocenters. The van der Waals surface area contributed by atoms with Crippen LogP contribution in [0.1, 0.15) is 22.8 Å². The number of carbonyl (C=O) groups excluding carboxylic acids is 1. The predicted octanol–water partition coefficient (Wildman–Crippen LogP) is 3.65. The van der Waals surface area contributed by atoms with Crippen molar-refractivity contribution in [2.75, 3.05) is 18.6 Å². The lowest BCUT2D eigenvalue weighted by Crippen LogP contribution is -2.16. The van der Waals surface area contributed by atoms with Gasteiger partial charge in [0.2, 0.25) is 0 Å². The third kappa shape index (κ3) is 3.16. The summed E-state index contributed by atoms with van der Waals surface area (Å²) < 4.78 is 5.05. The highest BCUT2D eigenvalue weighted by atomic mass is 16.5. The molecule has 2 rings (SSSR count). The lowest BCUT2D eigenvalue weighted by atomic mass is 10.1. The van der Waals surface area contributed by atoms with E-state index < -0.39 is 5.97 Å². The van der Waals surface area contributed by atoms with Gasteiger partial charge in [-0.1, -0.05) is 18.2 Å². The molecule has 110 valence electrons. The Balaban J connectivity index is 2.54. The molecule has 0 radical (unpaired) electrons. The second-order valence-electron chi connectivity index (χ2n) is 4.79. The third-order valence-corrected chi connectivity index (χ3v) is 3.23. The first kappa shape index (κ1) is 14.9. The van der Waals surface area contributed by atoms with E-state index in [1.54, 1.807) is 13.0 Å². The van der Waals surface area contributed by atoms with Gasteiger partial charge in [-0.15, -0.1) is 0 Å². The lowest BCUT2D eigenvalue weighted by Gasteiger charge is -2.23. The zero-order valence-corrected chi connectivity index (χ0v) is 12.5. The number of nitrogens with zero attached hydrogens (tertiary/aromatic N) is 1. The molecule has 2 aromatic rings. The molecular weight excluding hydrogens is 266 g/mol. The number of hydrogen-bond acceptors (Lipinski definition) is 4. The van der Waals surface area contributed by atoms with Crippen molar-refractivity contribution in [3.8, 4) is 5.75 Å². The second kappa shape index (κ2) is 6.31. The van der Waals surface area contributed by atoms with Crippen LogP contribution in [0.15, 0.2) is 42.5 Å². The standard InChI is InChI=1S/C17H19NO3/c1-4-21-17(20)16-14(10-12(2)11-15(16)19)18(3)13-8-6-5-7-9-13/h5-11,19H,4H2,1-3H3. The molecular formula is C17H19NO3. The number of anilines is 2. The average Bonchev–Trinajstić information content (AvgIpc) is 2.46. The van der Waals surface area contributed by atoms with Gasteiger partial charge in [0, 0.05) is 12.7 Å². The van der Waals surface area contributed by atoms with Gasteiger partial charge < -0.3 is 14.7 Å². The van der Waals surface area contributed by atoms with E-state index in [-0.39, 0.29) is 17.9 Å². The minimum atomic E-state index is -0.521. The SMILES string of the molecule is CCOC(=O)c1c(O)cc(C)cc1N(C)c1ccccc1. The van der Waals surface area contributed by atoms with Crippen LogP contribution in [0.2, 0.25) is 0 Å². The Morgan fingerprint density at radius 1 is 1.24 bits per heavy atom. The molecule has 0 aliphatic heterocycles. The first-order valence-corrected chi connectivity index (χ1v) is 6.84. The van der Waals surface area contributed by atoms with Crippen LogP contribution in [0.5, 0.6) is 5.75 Å². The summed E-state index contributed by atoms with van der Waals surface area (Å²) in [6.07, 6.45) is 0. The molecule has 0 amide bonds. The van der Waals surface area contributed by atoms with Gasteiger partial charge >= 0.3 is 5.97 Å². The van der Waals surface area contributed by atoms with Gasteiger partial charge in [0.25, 0.3) is 0 Å². The van der Waals surface area contributed by atoms with Gasteiger partial charge in [-0.05, 0) is 43.7 Å². The molecule has 0 saturated carbocycles. The first-order valence-electron chi connectivity index (χ1n) is 6.84. The molecule has 0 heterocycles. The molecule has 2 aromatic carbocycles. The minimum absolute atomic E-state index is 0.0637. The van der Waals surface area contributed by atoms with Crippen molar-refractivity contribution >= 4 is 17.3 Å². The molecule has 0 aliphatic rings. The van der Waals surface area contributed by atoms with Crippen molar-refractivity contribution in [3.05, 3.63) is 53.6 Å². The van der Waals surface area contributed by atoms with Gasteiger partial charge in [-0.3, -0.25) is 0 Å². The van der Waals surface area contributed by atoms with E-state index >= 15 is 0 Å². The van der Waals surface area contributed by atoms with Crippen LogP contribution in [-0.2, 0) is 4.74 Å².